The molecule has 0 aromatic rings. The average molecular weight is 164 g/mol. The van der Waals surface area contributed by atoms with Gasteiger partial charge in [0, 0.05) is 5.41 Å². The highest BCUT2D eigenvalue weighted by Crippen LogP contribution is 2.28. The van der Waals surface area contributed by atoms with Crippen LogP contribution in [0.2, 0.25) is 0 Å². The summed E-state index contributed by atoms with van der Waals surface area (Å²) in [5.41, 5.74) is 0.157. The van der Waals surface area contributed by atoms with Gasteiger partial charge < -0.3 is 4.74 Å². The third kappa shape index (κ3) is 2.57. The maximum atomic E-state index is 5.16. The van der Waals surface area contributed by atoms with E-state index in [4.69, 9.17) is 4.74 Å². The number of allylic oxidation sites excluding steroid dienone is 5. The Hall–Kier alpha value is -0.980. The van der Waals surface area contributed by atoms with Crippen molar-refractivity contribution >= 4 is 0 Å². The van der Waals surface area contributed by atoms with E-state index in [9.17, 15) is 0 Å². The summed E-state index contributed by atoms with van der Waals surface area (Å²) in [5, 5.41) is 0. The number of rotatable bonds is 3. The third-order valence-corrected chi connectivity index (χ3v) is 1.99. The summed E-state index contributed by atoms with van der Waals surface area (Å²) in [7, 11) is 0. The first-order chi connectivity index (χ1) is 5.77. The molecule has 1 aliphatic carbocycles. The second-order valence-electron chi connectivity index (χ2n) is 3.26. The van der Waals surface area contributed by atoms with E-state index in [1.165, 1.54) is 0 Å². The molecule has 0 saturated carbocycles. The molecule has 12 heavy (non-hydrogen) atoms. The summed E-state index contributed by atoms with van der Waals surface area (Å²) in [6.07, 6.45) is 13.5. The van der Waals surface area contributed by atoms with Gasteiger partial charge >= 0.3 is 0 Å². The molecule has 0 aromatic carbocycles. The Morgan fingerprint density at radius 3 is 2.92 bits per heavy atom. The maximum Gasteiger partial charge on any atom is 0.0845 e. The molecule has 0 aliphatic heterocycles. The first kappa shape index (κ1) is 9.11. The summed E-state index contributed by atoms with van der Waals surface area (Å²) >= 11 is 0. The summed E-state index contributed by atoms with van der Waals surface area (Å²) in [6, 6.07) is 0. The SMILES string of the molecule is CCOC=CC1(C)C=CC=CC1. The normalized spacial score (nSPS) is 28.2. The molecule has 0 bridgehead atoms. The Bertz CT molecular complexity index is 213. The van der Waals surface area contributed by atoms with E-state index in [-0.39, 0.29) is 5.41 Å². The van der Waals surface area contributed by atoms with Crippen LogP contribution in [0.25, 0.3) is 0 Å². The molecule has 0 saturated heterocycles. The Morgan fingerprint density at radius 1 is 1.50 bits per heavy atom. The molecule has 1 heteroatoms. The average Bonchev–Trinajstić information content (AvgIpc) is 2.06. The van der Waals surface area contributed by atoms with Crippen LogP contribution in [0.5, 0.6) is 0 Å². The van der Waals surface area contributed by atoms with Crippen LogP contribution in [-0.4, -0.2) is 6.61 Å². The van der Waals surface area contributed by atoms with Crippen molar-refractivity contribution in [2.45, 2.75) is 20.3 Å². The number of hydrogen-bond acceptors (Lipinski definition) is 1. The van der Waals surface area contributed by atoms with Crippen molar-refractivity contribution in [1.82, 2.24) is 0 Å². The lowest BCUT2D eigenvalue weighted by Gasteiger charge is -2.21. The summed E-state index contributed by atoms with van der Waals surface area (Å²) < 4.78 is 5.16. The van der Waals surface area contributed by atoms with Crippen LogP contribution in [0.3, 0.4) is 0 Å². The summed E-state index contributed by atoms with van der Waals surface area (Å²) in [4.78, 5) is 0. The highest BCUT2D eigenvalue weighted by atomic mass is 16.5. The van der Waals surface area contributed by atoms with Crippen molar-refractivity contribution < 1.29 is 4.74 Å². The lowest BCUT2D eigenvalue weighted by molar-refractivity contribution is 0.264. The lowest BCUT2D eigenvalue weighted by atomic mass is 9.84. The maximum absolute atomic E-state index is 5.16. The van der Waals surface area contributed by atoms with Crippen molar-refractivity contribution in [3.8, 4) is 0 Å². The van der Waals surface area contributed by atoms with Gasteiger partial charge in [-0.3, -0.25) is 0 Å². The van der Waals surface area contributed by atoms with Crippen LogP contribution in [0.15, 0.2) is 36.6 Å². The largest absolute Gasteiger partial charge is 0.502 e. The Morgan fingerprint density at radius 2 is 2.33 bits per heavy atom. The van der Waals surface area contributed by atoms with Crippen molar-refractivity contribution in [2.75, 3.05) is 6.61 Å². The molecule has 1 rings (SSSR count). The molecule has 0 aromatic heterocycles. The zero-order chi connectivity index (χ0) is 8.86. The number of hydrogen-bond donors (Lipinski definition) is 0. The van der Waals surface area contributed by atoms with Crippen LogP contribution in [0.1, 0.15) is 20.3 Å². The molecule has 0 fully saturated rings. The Kier molecular flexibility index (Phi) is 3.15. The molecular weight excluding hydrogens is 148 g/mol. The lowest BCUT2D eigenvalue weighted by Crippen LogP contribution is -2.09. The van der Waals surface area contributed by atoms with Gasteiger partial charge in [-0.05, 0) is 19.4 Å². The zero-order valence-corrected chi connectivity index (χ0v) is 7.79. The van der Waals surface area contributed by atoms with Gasteiger partial charge in [0.05, 0.1) is 12.9 Å². The highest BCUT2D eigenvalue weighted by Gasteiger charge is 2.16. The minimum absolute atomic E-state index is 0.157. The van der Waals surface area contributed by atoms with Crippen molar-refractivity contribution in [3.05, 3.63) is 36.6 Å². The van der Waals surface area contributed by atoms with E-state index in [1.807, 2.05) is 6.92 Å². The first-order valence-corrected chi connectivity index (χ1v) is 4.40. The van der Waals surface area contributed by atoms with E-state index in [0.717, 1.165) is 13.0 Å². The van der Waals surface area contributed by atoms with Gasteiger partial charge in [-0.2, -0.15) is 0 Å². The van der Waals surface area contributed by atoms with Crippen LogP contribution in [0.4, 0.5) is 0 Å². The van der Waals surface area contributed by atoms with Gasteiger partial charge in [0.2, 0.25) is 0 Å². The smallest absolute Gasteiger partial charge is 0.0845 e. The molecule has 1 atom stereocenters. The molecule has 1 unspecified atom stereocenters. The van der Waals surface area contributed by atoms with Crippen LogP contribution >= 0.6 is 0 Å². The number of ether oxygens (including phenoxy) is 1. The molecule has 0 radical (unpaired) electrons. The molecule has 0 spiro atoms. The fourth-order valence-corrected chi connectivity index (χ4v) is 1.17. The van der Waals surface area contributed by atoms with Crippen molar-refractivity contribution in [2.24, 2.45) is 5.41 Å². The summed E-state index contributed by atoms with van der Waals surface area (Å²) in [6.45, 7) is 4.93. The van der Waals surface area contributed by atoms with E-state index in [0.29, 0.717) is 0 Å². The molecule has 0 amide bonds. The predicted octanol–water partition coefficient (Wildman–Crippen LogP) is 3.06. The van der Waals surface area contributed by atoms with Gasteiger partial charge in [-0.25, -0.2) is 0 Å². The van der Waals surface area contributed by atoms with Gasteiger partial charge in [0.1, 0.15) is 0 Å². The first-order valence-electron chi connectivity index (χ1n) is 4.40. The van der Waals surface area contributed by atoms with Crippen LogP contribution in [0, 0.1) is 5.41 Å². The van der Waals surface area contributed by atoms with E-state index in [2.05, 4.69) is 37.3 Å². The highest BCUT2D eigenvalue weighted by molar-refractivity contribution is 5.20. The van der Waals surface area contributed by atoms with Gasteiger partial charge in [-0.1, -0.05) is 31.2 Å². The topological polar surface area (TPSA) is 9.23 Å². The Balaban J connectivity index is 2.49. The zero-order valence-electron chi connectivity index (χ0n) is 7.79. The van der Waals surface area contributed by atoms with Crippen molar-refractivity contribution in [1.29, 1.82) is 0 Å². The van der Waals surface area contributed by atoms with E-state index >= 15 is 0 Å². The second-order valence-corrected chi connectivity index (χ2v) is 3.26. The van der Waals surface area contributed by atoms with Crippen LogP contribution in [-0.2, 0) is 4.74 Å². The standard InChI is InChI=1S/C11H16O/c1-3-12-10-9-11(2)7-5-4-6-8-11/h4-7,9-10H,3,8H2,1-2H3. The monoisotopic (exact) mass is 164 g/mol. The molecule has 1 nitrogen and oxygen atoms in total. The molecule has 1 aliphatic rings. The minimum Gasteiger partial charge on any atom is -0.502 e. The van der Waals surface area contributed by atoms with Crippen LogP contribution < -0.4 is 0 Å². The Labute approximate surface area is 74.4 Å². The molecule has 0 heterocycles. The fourth-order valence-electron chi connectivity index (χ4n) is 1.17. The molecule has 0 N–H and O–H groups in total. The van der Waals surface area contributed by atoms with Gasteiger partial charge in [0.15, 0.2) is 0 Å². The predicted molar refractivity (Wildman–Crippen MR) is 51.8 cm³/mol. The van der Waals surface area contributed by atoms with E-state index < -0.39 is 0 Å². The van der Waals surface area contributed by atoms with Crippen molar-refractivity contribution in [3.63, 3.8) is 0 Å². The fraction of sp³-hybridized carbons (Fsp3) is 0.455. The minimum atomic E-state index is 0.157. The van der Waals surface area contributed by atoms with Gasteiger partial charge in [-0.15, -0.1) is 0 Å². The second kappa shape index (κ2) is 4.15. The quantitative estimate of drug-likeness (QED) is 0.582. The summed E-state index contributed by atoms with van der Waals surface area (Å²) in [5.74, 6) is 0. The molecular formula is C11H16O. The third-order valence-electron chi connectivity index (χ3n) is 1.99. The van der Waals surface area contributed by atoms with E-state index in [1.54, 1.807) is 6.26 Å². The van der Waals surface area contributed by atoms with Gasteiger partial charge in [0.25, 0.3) is 0 Å². The molecule has 66 valence electrons.